The van der Waals surface area contributed by atoms with Crippen LogP contribution >= 0.6 is 0 Å². The third-order valence-corrected chi connectivity index (χ3v) is 12.6. The molecule has 2 amide bonds. The zero-order valence-electron chi connectivity index (χ0n) is 39.6. The number of nitrogens with zero attached hydrogens (tertiary/aromatic N) is 2. The number of benzene rings is 4. The second-order valence-electron chi connectivity index (χ2n) is 18.7. The average Bonchev–Trinajstić information content (AvgIpc) is 3.47. The molecule has 2 aromatic heterocycles. The van der Waals surface area contributed by atoms with Crippen molar-refractivity contribution in [3.63, 3.8) is 0 Å². The van der Waals surface area contributed by atoms with E-state index in [9.17, 15) is 19.6 Å². The van der Waals surface area contributed by atoms with Gasteiger partial charge in [0.25, 0.3) is 0 Å². The van der Waals surface area contributed by atoms with Gasteiger partial charge in [-0.25, -0.2) is 0 Å². The van der Waals surface area contributed by atoms with Crippen LogP contribution < -0.4 is 33.0 Å². The van der Waals surface area contributed by atoms with Crippen LogP contribution in [0.1, 0.15) is 104 Å². The summed E-state index contributed by atoms with van der Waals surface area (Å²) < 4.78 is 12.5. The fraction of sp³-hybridized carbons (Fsp3) is 0.385. The Kier molecular flexibility index (Phi) is 19.3. The predicted molar refractivity (Wildman–Crippen MR) is 278 cm³/mol. The van der Waals surface area contributed by atoms with Crippen molar-refractivity contribution in [1.29, 1.82) is 0 Å². The van der Waals surface area contributed by atoms with Crippen LogP contribution in [0.2, 0.25) is 0 Å². The molecule has 1 aliphatic rings. The van der Waals surface area contributed by atoms with Gasteiger partial charge in [-0.15, -0.1) is 0 Å². The SMILES string of the molecule is C.C.CC(C)(O)C(C)(C)O.Cc1ccc(C(CN)C(=O)Nc2ccc3cnccc3c2)cc1B(O)O.Cc1ccc(C(CN)C(=O)Nc2ccc3cnccc3c2)cc1B1OC(C)(C)C(C)(C)O1. The van der Waals surface area contributed by atoms with Crippen LogP contribution in [-0.2, 0) is 18.9 Å². The van der Waals surface area contributed by atoms with E-state index in [1.54, 1.807) is 77.6 Å². The molecule has 10 N–H and O–H groups in total. The second kappa shape index (κ2) is 23.2. The van der Waals surface area contributed by atoms with Crippen molar-refractivity contribution in [2.75, 3.05) is 23.7 Å². The maximum Gasteiger partial charge on any atom is 0.495 e. The van der Waals surface area contributed by atoms with Crippen molar-refractivity contribution >= 4 is 69.9 Å². The smallest absolute Gasteiger partial charge is 0.423 e. The fourth-order valence-corrected chi connectivity index (χ4v) is 6.82. The number of anilines is 2. The molecule has 1 fully saturated rings. The van der Waals surface area contributed by atoms with E-state index >= 15 is 0 Å². The minimum Gasteiger partial charge on any atom is -0.423 e. The number of carbonyl (C=O) groups is 2. The summed E-state index contributed by atoms with van der Waals surface area (Å²) in [5, 5.41) is 47.1. The maximum absolute atomic E-state index is 13.1. The quantitative estimate of drug-likeness (QED) is 0.0676. The monoisotopic (exact) mass is 931 g/mol. The van der Waals surface area contributed by atoms with Gasteiger partial charge < -0.3 is 51.7 Å². The van der Waals surface area contributed by atoms with Crippen LogP contribution in [0.3, 0.4) is 0 Å². The minimum atomic E-state index is -1.59. The molecule has 16 heteroatoms. The molecule has 2 atom stereocenters. The predicted octanol–water partition coefficient (Wildman–Crippen LogP) is 6.23. The zero-order valence-corrected chi connectivity index (χ0v) is 39.6. The number of rotatable bonds is 11. The van der Waals surface area contributed by atoms with Crippen molar-refractivity contribution in [3.8, 4) is 0 Å². The van der Waals surface area contributed by atoms with Gasteiger partial charge in [-0.3, -0.25) is 19.6 Å². The molecule has 364 valence electrons. The van der Waals surface area contributed by atoms with E-state index < -0.39 is 48.5 Å². The van der Waals surface area contributed by atoms with Gasteiger partial charge in [0.2, 0.25) is 11.8 Å². The molecule has 4 aromatic carbocycles. The first-order valence-corrected chi connectivity index (χ1v) is 21.9. The highest BCUT2D eigenvalue weighted by molar-refractivity contribution is 6.62. The first-order chi connectivity index (χ1) is 30.8. The summed E-state index contributed by atoms with van der Waals surface area (Å²) in [4.78, 5) is 34.1. The number of aliphatic hydroxyl groups is 2. The minimum absolute atomic E-state index is 0. The van der Waals surface area contributed by atoms with E-state index in [0.29, 0.717) is 16.7 Å². The molecule has 0 bridgehead atoms. The molecule has 3 heterocycles. The van der Waals surface area contributed by atoms with E-state index in [-0.39, 0.29) is 39.8 Å². The van der Waals surface area contributed by atoms with Gasteiger partial charge >= 0.3 is 14.2 Å². The van der Waals surface area contributed by atoms with Crippen LogP contribution in [-0.4, -0.2) is 91.8 Å². The van der Waals surface area contributed by atoms with Crippen molar-refractivity contribution in [3.05, 3.63) is 132 Å². The Morgan fingerprint density at radius 2 is 1.06 bits per heavy atom. The molecule has 2 unspecified atom stereocenters. The van der Waals surface area contributed by atoms with Gasteiger partial charge in [0.15, 0.2) is 0 Å². The topological polar surface area (TPSA) is 235 Å². The summed E-state index contributed by atoms with van der Waals surface area (Å²) >= 11 is 0. The Hall–Kier alpha value is -5.55. The normalized spacial score (nSPS) is 14.7. The lowest BCUT2D eigenvalue weighted by Crippen LogP contribution is -2.44. The molecule has 1 aliphatic heterocycles. The highest BCUT2D eigenvalue weighted by atomic mass is 16.7. The number of aryl methyl sites for hydroxylation is 2. The number of nitrogens with two attached hydrogens (primary N) is 2. The molecule has 6 aromatic rings. The molecule has 0 spiro atoms. The first kappa shape index (κ1) is 56.8. The number of fused-ring (bicyclic) bond motifs is 2. The number of pyridine rings is 2. The lowest BCUT2D eigenvalue weighted by Gasteiger charge is -2.32. The Bertz CT molecular complexity index is 2620. The molecule has 68 heavy (non-hydrogen) atoms. The third-order valence-electron chi connectivity index (χ3n) is 12.6. The van der Waals surface area contributed by atoms with E-state index in [0.717, 1.165) is 49.4 Å². The summed E-state index contributed by atoms with van der Waals surface area (Å²) in [6.45, 7) is 18.5. The van der Waals surface area contributed by atoms with E-state index in [2.05, 4.69) is 20.6 Å². The number of aromatic nitrogens is 2. The largest absolute Gasteiger partial charge is 0.495 e. The van der Waals surface area contributed by atoms with Gasteiger partial charge in [-0.1, -0.05) is 74.5 Å². The number of nitrogens with one attached hydrogen (secondary N) is 2. The lowest BCUT2D eigenvalue weighted by molar-refractivity contribution is -0.118. The summed E-state index contributed by atoms with van der Waals surface area (Å²) in [5.74, 6) is -1.49. The van der Waals surface area contributed by atoms with Crippen LogP contribution in [0.15, 0.2) is 110 Å². The van der Waals surface area contributed by atoms with Crippen LogP contribution in [0.5, 0.6) is 0 Å². The molecular weight excluding hydrogens is 858 g/mol. The van der Waals surface area contributed by atoms with Gasteiger partial charge in [0.1, 0.15) is 0 Å². The highest BCUT2D eigenvalue weighted by Gasteiger charge is 2.52. The molecule has 14 nitrogen and oxygen atoms in total. The summed E-state index contributed by atoms with van der Waals surface area (Å²) in [6, 6.07) is 26.2. The molecule has 0 aliphatic carbocycles. The Morgan fingerprint density at radius 3 is 1.46 bits per heavy atom. The second-order valence-corrected chi connectivity index (χ2v) is 18.7. The fourth-order valence-electron chi connectivity index (χ4n) is 6.82. The van der Waals surface area contributed by atoms with Crippen LogP contribution in [0.25, 0.3) is 21.5 Å². The van der Waals surface area contributed by atoms with Gasteiger partial charge in [0.05, 0.1) is 34.2 Å². The number of hydrogen-bond donors (Lipinski definition) is 8. The third kappa shape index (κ3) is 13.8. The molecular formula is C52H72B2N6O8. The summed E-state index contributed by atoms with van der Waals surface area (Å²) in [6.07, 6.45) is 7.00. The summed E-state index contributed by atoms with van der Waals surface area (Å²) in [7, 11) is -2.08. The standard InChI is InChI=1S/C25H30BN3O3.C19H20BN3O3.C6H14O2.2CH4/c1-16-6-7-18(13-22(16)26-31-24(2,3)25(4,5)32-26)21(14-27)23(30)29-20-9-8-19-15-28-11-10-17(19)12-20;1-12-2-3-14(9-18(12)20(25)26)17(10-21)19(24)23-16-5-4-15-11-22-7-6-13(15)8-16;1-5(2,7)6(3,4)8;;/h6-13,15,21H,14,27H2,1-5H3,(H,29,30);2-9,11,17,25-26H,10,21H2,1H3,(H,23,24);7-8H,1-4H3;2*1H4. The van der Waals surface area contributed by atoms with E-state index in [4.69, 9.17) is 31.0 Å². The average molecular weight is 931 g/mol. The van der Waals surface area contributed by atoms with Crippen molar-refractivity contribution in [2.45, 2.75) is 118 Å². The van der Waals surface area contributed by atoms with E-state index in [1.165, 1.54) is 0 Å². The van der Waals surface area contributed by atoms with Gasteiger partial charge in [-0.2, -0.15) is 0 Å². The van der Waals surface area contributed by atoms with Crippen molar-refractivity contribution in [1.82, 2.24) is 9.97 Å². The molecule has 7 rings (SSSR count). The van der Waals surface area contributed by atoms with Gasteiger partial charge in [0, 0.05) is 60.0 Å². The number of hydrogen-bond acceptors (Lipinski definition) is 12. The first-order valence-electron chi connectivity index (χ1n) is 21.9. The maximum atomic E-state index is 13.1. The van der Waals surface area contributed by atoms with E-state index in [1.807, 2.05) is 101 Å². The highest BCUT2D eigenvalue weighted by Crippen LogP contribution is 2.37. The van der Waals surface area contributed by atoms with Crippen LogP contribution in [0.4, 0.5) is 11.4 Å². The molecule has 0 radical (unpaired) electrons. The van der Waals surface area contributed by atoms with Crippen LogP contribution in [0, 0.1) is 13.8 Å². The van der Waals surface area contributed by atoms with Crippen molar-refractivity contribution < 1.29 is 39.2 Å². The Morgan fingerprint density at radius 1 is 0.647 bits per heavy atom. The lowest BCUT2D eigenvalue weighted by atomic mass is 9.74. The Balaban J connectivity index is 0.000000307. The van der Waals surface area contributed by atoms with Gasteiger partial charge in [-0.05, 0) is 138 Å². The molecule has 1 saturated heterocycles. The van der Waals surface area contributed by atoms with Crippen molar-refractivity contribution in [2.24, 2.45) is 11.5 Å². The molecule has 0 saturated carbocycles. The Labute approximate surface area is 403 Å². The summed E-state index contributed by atoms with van der Waals surface area (Å²) in [5.41, 5.74) is 14.9. The number of carbonyl (C=O) groups excluding carboxylic acids is 2. The zero-order chi connectivity index (χ0) is 48.8. The number of amides is 2.